The molecule has 0 radical (unpaired) electrons. The van der Waals surface area contributed by atoms with Gasteiger partial charge in [-0.2, -0.15) is 10.1 Å². The maximum atomic E-state index is 13.9. The molecule has 130 valence electrons. The number of alkyl halides is 1. The SMILES string of the molecule is Cc1nc(CN2C[C@@H](F)C[C@H]2CN(C)C(=O)Cn2cccn2)no1. The zero-order valence-corrected chi connectivity index (χ0v) is 13.8. The molecule has 0 unspecified atom stereocenters. The third-order valence-electron chi connectivity index (χ3n) is 4.16. The monoisotopic (exact) mass is 336 g/mol. The molecule has 0 bridgehead atoms. The van der Waals surface area contributed by atoms with Crippen LogP contribution >= 0.6 is 0 Å². The number of halogens is 1. The van der Waals surface area contributed by atoms with E-state index in [0.717, 1.165) is 0 Å². The molecule has 3 rings (SSSR count). The first-order chi connectivity index (χ1) is 11.5. The molecular weight excluding hydrogens is 315 g/mol. The first-order valence-corrected chi connectivity index (χ1v) is 7.90. The number of amides is 1. The minimum Gasteiger partial charge on any atom is -0.343 e. The standard InChI is InChI=1S/C15H21FN6O2/c1-11-18-14(19-24-11)9-21-7-12(16)6-13(21)8-20(2)15(23)10-22-5-3-4-17-22/h3-5,12-13H,6-10H2,1-2H3/t12-,13-/m0/s1. The van der Waals surface area contributed by atoms with E-state index in [0.29, 0.717) is 37.8 Å². The van der Waals surface area contributed by atoms with Crippen molar-refractivity contribution in [1.82, 2.24) is 29.7 Å². The van der Waals surface area contributed by atoms with Crippen LogP contribution < -0.4 is 0 Å². The van der Waals surface area contributed by atoms with E-state index in [9.17, 15) is 9.18 Å². The largest absolute Gasteiger partial charge is 0.343 e. The van der Waals surface area contributed by atoms with Crippen molar-refractivity contribution in [3.63, 3.8) is 0 Å². The highest BCUT2D eigenvalue weighted by molar-refractivity contribution is 5.75. The first kappa shape index (κ1) is 16.6. The Kier molecular flexibility index (Phi) is 4.89. The molecule has 0 aliphatic carbocycles. The normalized spacial score (nSPS) is 21.3. The summed E-state index contributed by atoms with van der Waals surface area (Å²) in [6.45, 7) is 3.09. The highest BCUT2D eigenvalue weighted by atomic mass is 19.1. The lowest BCUT2D eigenvalue weighted by Crippen LogP contribution is -2.42. The number of hydrogen-bond donors (Lipinski definition) is 0. The third-order valence-corrected chi connectivity index (χ3v) is 4.16. The van der Waals surface area contributed by atoms with Crippen molar-refractivity contribution < 1.29 is 13.7 Å². The van der Waals surface area contributed by atoms with Crippen LogP contribution in [0, 0.1) is 6.92 Å². The highest BCUT2D eigenvalue weighted by Gasteiger charge is 2.34. The van der Waals surface area contributed by atoms with Crippen LogP contribution in [0.3, 0.4) is 0 Å². The number of hydrogen-bond acceptors (Lipinski definition) is 6. The summed E-state index contributed by atoms with van der Waals surface area (Å²) in [4.78, 5) is 20.0. The smallest absolute Gasteiger partial charge is 0.244 e. The van der Waals surface area contributed by atoms with Crippen molar-refractivity contribution in [2.75, 3.05) is 20.1 Å². The number of rotatable bonds is 6. The second-order valence-electron chi connectivity index (χ2n) is 6.12. The van der Waals surface area contributed by atoms with Crippen LogP contribution in [0.15, 0.2) is 23.0 Å². The number of carbonyl (C=O) groups is 1. The predicted molar refractivity (Wildman–Crippen MR) is 82.6 cm³/mol. The summed E-state index contributed by atoms with van der Waals surface area (Å²) in [5, 5.41) is 7.89. The summed E-state index contributed by atoms with van der Waals surface area (Å²) in [6.07, 6.45) is 2.87. The second kappa shape index (κ2) is 7.08. The van der Waals surface area contributed by atoms with Gasteiger partial charge in [0.1, 0.15) is 12.7 Å². The lowest BCUT2D eigenvalue weighted by Gasteiger charge is -2.27. The lowest BCUT2D eigenvalue weighted by molar-refractivity contribution is -0.131. The zero-order chi connectivity index (χ0) is 17.1. The van der Waals surface area contributed by atoms with Crippen molar-refractivity contribution in [3.8, 4) is 0 Å². The Hall–Kier alpha value is -2.29. The molecule has 0 saturated carbocycles. The van der Waals surface area contributed by atoms with Crippen molar-refractivity contribution >= 4 is 5.91 Å². The molecule has 2 aromatic heterocycles. The molecule has 1 aliphatic rings. The van der Waals surface area contributed by atoms with Crippen molar-refractivity contribution in [2.24, 2.45) is 0 Å². The maximum absolute atomic E-state index is 13.9. The van der Waals surface area contributed by atoms with Gasteiger partial charge in [0, 0.05) is 45.5 Å². The molecule has 1 fully saturated rings. The molecule has 2 atom stereocenters. The molecule has 9 heteroatoms. The Bertz CT molecular complexity index is 673. The summed E-state index contributed by atoms with van der Waals surface area (Å²) in [7, 11) is 1.73. The van der Waals surface area contributed by atoms with E-state index >= 15 is 0 Å². The summed E-state index contributed by atoms with van der Waals surface area (Å²) in [6, 6.07) is 1.71. The Labute approximate surface area is 139 Å². The Morgan fingerprint density at radius 3 is 3.04 bits per heavy atom. The minimum atomic E-state index is -0.905. The Morgan fingerprint density at radius 2 is 2.38 bits per heavy atom. The zero-order valence-electron chi connectivity index (χ0n) is 13.8. The highest BCUT2D eigenvalue weighted by Crippen LogP contribution is 2.22. The number of aromatic nitrogens is 4. The van der Waals surface area contributed by atoms with Gasteiger partial charge in [0.05, 0.1) is 6.54 Å². The lowest BCUT2D eigenvalue weighted by atomic mass is 10.2. The Morgan fingerprint density at radius 1 is 1.54 bits per heavy atom. The van der Waals surface area contributed by atoms with E-state index in [1.165, 1.54) is 0 Å². The molecule has 0 spiro atoms. The van der Waals surface area contributed by atoms with Crippen molar-refractivity contribution in [3.05, 3.63) is 30.2 Å². The van der Waals surface area contributed by atoms with Gasteiger partial charge in [-0.3, -0.25) is 14.4 Å². The number of likely N-dealkylation sites (N-methyl/N-ethyl adjacent to an activating group) is 1. The second-order valence-corrected chi connectivity index (χ2v) is 6.12. The van der Waals surface area contributed by atoms with Gasteiger partial charge < -0.3 is 9.42 Å². The maximum Gasteiger partial charge on any atom is 0.244 e. The first-order valence-electron chi connectivity index (χ1n) is 7.90. The third kappa shape index (κ3) is 3.97. The fraction of sp³-hybridized carbons (Fsp3) is 0.600. The average Bonchev–Trinajstić information content (AvgIpc) is 3.23. The van der Waals surface area contributed by atoms with Crippen molar-refractivity contribution in [1.29, 1.82) is 0 Å². The fourth-order valence-corrected chi connectivity index (χ4v) is 2.96. The molecule has 3 heterocycles. The van der Waals surface area contributed by atoms with Gasteiger partial charge in [-0.05, 0) is 12.5 Å². The van der Waals surface area contributed by atoms with Crippen LogP contribution in [0.2, 0.25) is 0 Å². The molecule has 1 aliphatic heterocycles. The van der Waals surface area contributed by atoms with E-state index in [1.54, 1.807) is 42.0 Å². The van der Waals surface area contributed by atoms with Gasteiger partial charge in [0.25, 0.3) is 0 Å². The van der Waals surface area contributed by atoms with Gasteiger partial charge in [-0.1, -0.05) is 5.16 Å². The van der Waals surface area contributed by atoms with Crippen LogP contribution in [-0.4, -0.2) is 68.0 Å². The molecule has 0 aromatic carbocycles. The van der Waals surface area contributed by atoms with E-state index in [4.69, 9.17) is 4.52 Å². The molecule has 2 aromatic rings. The molecule has 1 saturated heterocycles. The molecule has 24 heavy (non-hydrogen) atoms. The topological polar surface area (TPSA) is 80.3 Å². The van der Waals surface area contributed by atoms with Gasteiger partial charge in [-0.25, -0.2) is 4.39 Å². The average molecular weight is 336 g/mol. The number of carbonyl (C=O) groups excluding carboxylic acids is 1. The van der Waals surface area contributed by atoms with Crippen LogP contribution in [0.4, 0.5) is 4.39 Å². The van der Waals surface area contributed by atoms with E-state index < -0.39 is 6.17 Å². The predicted octanol–water partition coefficient (Wildman–Crippen LogP) is 0.646. The van der Waals surface area contributed by atoms with Gasteiger partial charge >= 0.3 is 0 Å². The molecule has 8 nitrogen and oxygen atoms in total. The Balaban J connectivity index is 1.58. The minimum absolute atomic E-state index is 0.0589. The fourth-order valence-electron chi connectivity index (χ4n) is 2.96. The summed E-state index contributed by atoms with van der Waals surface area (Å²) < 4.78 is 20.4. The summed E-state index contributed by atoms with van der Waals surface area (Å²) >= 11 is 0. The summed E-state index contributed by atoms with van der Waals surface area (Å²) in [5.41, 5.74) is 0. The number of aryl methyl sites for hydroxylation is 1. The van der Waals surface area contributed by atoms with E-state index in [1.807, 2.05) is 4.90 Å². The van der Waals surface area contributed by atoms with Crippen LogP contribution in [0.5, 0.6) is 0 Å². The van der Waals surface area contributed by atoms with Gasteiger partial charge in [0.15, 0.2) is 5.82 Å². The van der Waals surface area contributed by atoms with Crippen LogP contribution in [0.1, 0.15) is 18.1 Å². The number of nitrogens with zero attached hydrogens (tertiary/aromatic N) is 6. The van der Waals surface area contributed by atoms with Gasteiger partial charge in [-0.15, -0.1) is 0 Å². The van der Waals surface area contributed by atoms with E-state index in [-0.39, 0.29) is 18.5 Å². The molecule has 1 amide bonds. The molecule has 0 N–H and O–H groups in total. The molecular formula is C15H21FN6O2. The summed E-state index contributed by atoms with van der Waals surface area (Å²) in [5.74, 6) is 0.970. The van der Waals surface area contributed by atoms with Crippen molar-refractivity contribution in [2.45, 2.75) is 38.6 Å². The quantitative estimate of drug-likeness (QED) is 0.770. The van der Waals surface area contributed by atoms with E-state index in [2.05, 4.69) is 15.2 Å². The number of likely N-dealkylation sites (tertiary alicyclic amines) is 1. The van der Waals surface area contributed by atoms with Gasteiger partial charge in [0.2, 0.25) is 11.8 Å². The van der Waals surface area contributed by atoms with Crippen LogP contribution in [-0.2, 0) is 17.9 Å². The van der Waals surface area contributed by atoms with Crippen LogP contribution in [0.25, 0.3) is 0 Å².